The van der Waals surface area contributed by atoms with Crippen LogP contribution >= 0.6 is 0 Å². The van der Waals surface area contributed by atoms with E-state index in [1.807, 2.05) is 18.2 Å². The number of benzene rings is 1. The van der Waals surface area contributed by atoms with Gasteiger partial charge in [-0.1, -0.05) is 6.07 Å². The van der Waals surface area contributed by atoms with Crippen LogP contribution in [0.25, 0.3) is 10.9 Å². The summed E-state index contributed by atoms with van der Waals surface area (Å²) in [6.07, 6.45) is 1.75. The Kier molecular flexibility index (Phi) is 1.86. The van der Waals surface area contributed by atoms with E-state index >= 15 is 0 Å². The quantitative estimate of drug-likeness (QED) is 0.757. The molecule has 1 aromatic heterocycles. The van der Waals surface area contributed by atoms with Crippen LogP contribution in [-0.4, -0.2) is 36.8 Å². The standard InChI is InChI=1S/C13H10BN3O/c14-17-5-7(6-17)8-1-2-9-11-10(16-13(9)18)3-4-15-12(8)11/h1-4,7H,5-6H2,(H,16,18). The number of hydrogen-bond donors (Lipinski definition) is 1. The molecule has 2 aliphatic heterocycles. The zero-order chi connectivity index (χ0) is 12.3. The fourth-order valence-corrected chi connectivity index (χ4v) is 2.81. The van der Waals surface area contributed by atoms with E-state index in [-0.39, 0.29) is 5.91 Å². The van der Waals surface area contributed by atoms with Gasteiger partial charge in [0, 0.05) is 17.5 Å². The van der Waals surface area contributed by atoms with E-state index in [0.717, 1.165) is 35.2 Å². The lowest BCUT2D eigenvalue weighted by Crippen LogP contribution is -2.42. The number of nitrogens with zero attached hydrogens (tertiary/aromatic N) is 2. The van der Waals surface area contributed by atoms with Crippen molar-refractivity contribution in [3.63, 3.8) is 0 Å². The van der Waals surface area contributed by atoms with E-state index in [1.54, 1.807) is 11.0 Å². The van der Waals surface area contributed by atoms with Gasteiger partial charge in [0.1, 0.15) is 0 Å². The van der Waals surface area contributed by atoms with Crippen molar-refractivity contribution < 1.29 is 4.79 Å². The molecule has 18 heavy (non-hydrogen) atoms. The molecule has 2 radical (unpaired) electrons. The van der Waals surface area contributed by atoms with Crippen molar-refractivity contribution in [3.05, 3.63) is 35.5 Å². The summed E-state index contributed by atoms with van der Waals surface area (Å²) in [5, 5.41) is 3.82. The van der Waals surface area contributed by atoms with Crippen LogP contribution in [0.1, 0.15) is 21.8 Å². The largest absolute Gasteiger partial charge is 0.352 e. The highest BCUT2D eigenvalue weighted by Gasteiger charge is 2.29. The molecule has 2 aromatic rings. The Morgan fingerprint density at radius 3 is 2.94 bits per heavy atom. The average molecular weight is 235 g/mol. The van der Waals surface area contributed by atoms with Crippen LogP contribution in [0.2, 0.25) is 0 Å². The Hall–Kier alpha value is -1.88. The van der Waals surface area contributed by atoms with E-state index in [1.165, 1.54) is 5.56 Å². The fourth-order valence-electron chi connectivity index (χ4n) is 2.81. The van der Waals surface area contributed by atoms with Gasteiger partial charge in [0.05, 0.1) is 16.8 Å². The molecule has 1 fully saturated rings. The second kappa shape index (κ2) is 3.33. The minimum absolute atomic E-state index is 0.0383. The van der Waals surface area contributed by atoms with Gasteiger partial charge >= 0.3 is 0 Å². The van der Waals surface area contributed by atoms with Crippen molar-refractivity contribution in [2.24, 2.45) is 0 Å². The van der Waals surface area contributed by atoms with Gasteiger partial charge in [-0.25, -0.2) is 0 Å². The first-order valence-corrected chi connectivity index (χ1v) is 5.96. The molecule has 0 aliphatic carbocycles. The summed E-state index contributed by atoms with van der Waals surface area (Å²) < 4.78 is 0. The number of hydrogen-bond acceptors (Lipinski definition) is 3. The summed E-state index contributed by atoms with van der Waals surface area (Å²) in [6.45, 7) is 1.70. The molecule has 86 valence electrons. The summed E-state index contributed by atoms with van der Waals surface area (Å²) in [4.78, 5) is 18.0. The summed E-state index contributed by atoms with van der Waals surface area (Å²) in [7, 11) is 5.69. The zero-order valence-corrected chi connectivity index (χ0v) is 9.68. The second-order valence-corrected chi connectivity index (χ2v) is 4.89. The van der Waals surface area contributed by atoms with Gasteiger partial charge in [0.25, 0.3) is 5.91 Å². The molecule has 1 aromatic carbocycles. The van der Waals surface area contributed by atoms with Gasteiger partial charge in [-0.3, -0.25) is 9.78 Å². The molecule has 0 atom stereocenters. The highest BCUT2D eigenvalue weighted by Crippen LogP contribution is 2.37. The third kappa shape index (κ3) is 1.19. The van der Waals surface area contributed by atoms with E-state index < -0.39 is 0 Å². The molecule has 0 unspecified atom stereocenters. The fraction of sp³-hybridized carbons (Fsp3) is 0.231. The van der Waals surface area contributed by atoms with Gasteiger partial charge in [-0.2, -0.15) is 0 Å². The molecule has 2 aliphatic rings. The molecule has 1 saturated heterocycles. The first kappa shape index (κ1) is 10.1. The average Bonchev–Trinajstić information content (AvgIpc) is 2.65. The van der Waals surface area contributed by atoms with Crippen LogP contribution in [-0.2, 0) is 0 Å². The van der Waals surface area contributed by atoms with Crippen LogP contribution in [0.3, 0.4) is 0 Å². The van der Waals surface area contributed by atoms with Crippen molar-refractivity contribution in [1.82, 2.24) is 9.79 Å². The number of anilines is 1. The summed E-state index contributed by atoms with van der Waals surface area (Å²) in [6, 6.07) is 5.75. The minimum atomic E-state index is -0.0383. The number of amides is 1. The molecule has 1 N–H and O–H groups in total. The van der Waals surface area contributed by atoms with Gasteiger partial charge in [-0.15, -0.1) is 0 Å². The Balaban J connectivity index is 1.97. The third-order valence-corrected chi connectivity index (χ3v) is 3.77. The molecule has 1 amide bonds. The number of carbonyl (C=O) groups excluding carboxylic acids is 1. The van der Waals surface area contributed by atoms with Crippen LogP contribution in [0.15, 0.2) is 24.4 Å². The molecule has 4 nitrogen and oxygen atoms in total. The molecule has 5 heteroatoms. The second-order valence-electron chi connectivity index (χ2n) is 4.89. The monoisotopic (exact) mass is 235 g/mol. The maximum absolute atomic E-state index is 11.8. The number of carbonyl (C=O) groups is 1. The normalized spacial score (nSPS) is 19.0. The lowest BCUT2D eigenvalue weighted by Gasteiger charge is -2.37. The Labute approximate surface area is 105 Å². The van der Waals surface area contributed by atoms with Crippen molar-refractivity contribution in [2.45, 2.75) is 5.92 Å². The predicted molar refractivity (Wildman–Crippen MR) is 69.8 cm³/mol. The van der Waals surface area contributed by atoms with Crippen molar-refractivity contribution in [2.75, 3.05) is 18.4 Å². The molecule has 0 saturated carbocycles. The van der Waals surface area contributed by atoms with Gasteiger partial charge in [0.15, 0.2) is 7.98 Å². The Morgan fingerprint density at radius 1 is 1.33 bits per heavy atom. The molecule has 0 bridgehead atoms. The van der Waals surface area contributed by atoms with Crippen LogP contribution in [0.4, 0.5) is 5.69 Å². The summed E-state index contributed by atoms with van der Waals surface area (Å²) in [5.74, 6) is 0.381. The van der Waals surface area contributed by atoms with Crippen LogP contribution in [0, 0.1) is 0 Å². The minimum Gasteiger partial charge on any atom is -0.352 e. The molecular formula is C13H10BN3O. The number of rotatable bonds is 1. The lowest BCUT2D eigenvalue weighted by atomic mass is 9.86. The smallest absolute Gasteiger partial charge is 0.256 e. The van der Waals surface area contributed by atoms with Gasteiger partial charge < -0.3 is 10.1 Å². The van der Waals surface area contributed by atoms with Crippen molar-refractivity contribution >= 4 is 30.5 Å². The van der Waals surface area contributed by atoms with E-state index in [4.69, 9.17) is 7.98 Å². The number of pyridine rings is 1. The molecule has 4 rings (SSSR count). The topological polar surface area (TPSA) is 45.2 Å². The highest BCUT2D eigenvalue weighted by atomic mass is 16.1. The maximum atomic E-state index is 11.8. The van der Waals surface area contributed by atoms with E-state index in [0.29, 0.717) is 5.92 Å². The molecule has 3 heterocycles. The maximum Gasteiger partial charge on any atom is 0.256 e. The van der Waals surface area contributed by atoms with Gasteiger partial charge in [0.2, 0.25) is 0 Å². The number of nitrogens with one attached hydrogen (secondary N) is 1. The lowest BCUT2D eigenvalue weighted by molar-refractivity contribution is 0.103. The SMILES string of the molecule is [B]N1CC(c2ccc3c4c(ccnc24)NC3=O)C1. The first-order chi connectivity index (χ1) is 8.74. The van der Waals surface area contributed by atoms with E-state index in [2.05, 4.69) is 10.3 Å². The van der Waals surface area contributed by atoms with Crippen LogP contribution < -0.4 is 5.32 Å². The van der Waals surface area contributed by atoms with E-state index in [9.17, 15) is 4.79 Å². The summed E-state index contributed by atoms with van der Waals surface area (Å²) in [5.41, 5.74) is 3.71. The Morgan fingerprint density at radius 2 is 2.17 bits per heavy atom. The molecular weight excluding hydrogens is 225 g/mol. The Bertz CT molecular complexity index is 679. The third-order valence-electron chi connectivity index (χ3n) is 3.77. The highest BCUT2D eigenvalue weighted by molar-refractivity contribution is 6.23. The predicted octanol–water partition coefficient (Wildman–Crippen LogP) is 1.28. The van der Waals surface area contributed by atoms with Crippen molar-refractivity contribution in [3.8, 4) is 0 Å². The van der Waals surface area contributed by atoms with Crippen LogP contribution in [0.5, 0.6) is 0 Å². The van der Waals surface area contributed by atoms with Gasteiger partial charge in [-0.05, 0) is 30.8 Å². The van der Waals surface area contributed by atoms with Crippen molar-refractivity contribution in [1.29, 1.82) is 0 Å². The summed E-state index contributed by atoms with van der Waals surface area (Å²) >= 11 is 0. The first-order valence-electron chi connectivity index (χ1n) is 5.96. The number of aromatic nitrogens is 1. The molecule has 0 spiro atoms. The zero-order valence-electron chi connectivity index (χ0n) is 9.68.